The van der Waals surface area contributed by atoms with E-state index in [4.69, 9.17) is 0 Å². The van der Waals surface area contributed by atoms with Crippen molar-refractivity contribution in [3.63, 3.8) is 0 Å². The van der Waals surface area contributed by atoms with Gasteiger partial charge in [0.2, 0.25) is 0 Å². The number of amides is 1. The minimum absolute atomic E-state index is 0.0290. The summed E-state index contributed by atoms with van der Waals surface area (Å²) in [6.07, 6.45) is 4.69. The zero-order valence-electron chi connectivity index (χ0n) is 16.9. The van der Waals surface area contributed by atoms with Gasteiger partial charge in [-0.15, -0.1) is 0 Å². The van der Waals surface area contributed by atoms with Crippen LogP contribution in [0.1, 0.15) is 48.7 Å². The molecule has 0 saturated carbocycles. The van der Waals surface area contributed by atoms with Crippen LogP contribution in [-0.4, -0.2) is 23.6 Å². The summed E-state index contributed by atoms with van der Waals surface area (Å²) in [7, 11) is 0. The van der Waals surface area contributed by atoms with Gasteiger partial charge in [-0.2, -0.15) is 0 Å². The molecular weight excluding hydrogens is 346 g/mol. The van der Waals surface area contributed by atoms with Gasteiger partial charge in [0.05, 0.1) is 0 Å². The molecule has 4 nitrogen and oxygen atoms in total. The molecule has 0 radical (unpaired) electrons. The van der Waals surface area contributed by atoms with Gasteiger partial charge in [0.25, 0.3) is 5.91 Å². The molecule has 4 heteroatoms. The van der Waals surface area contributed by atoms with Crippen molar-refractivity contribution in [1.82, 2.24) is 4.57 Å². The summed E-state index contributed by atoms with van der Waals surface area (Å²) in [5.74, 6) is -0.0290. The average molecular weight is 376 g/mol. The fourth-order valence-electron chi connectivity index (χ4n) is 4.24. The highest BCUT2D eigenvalue weighted by atomic mass is 16.2. The molecular formula is C24H29N3O. The minimum atomic E-state index is -0.0290. The summed E-state index contributed by atoms with van der Waals surface area (Å²) in [6.45, 7) is 7.35. The first-order chi connectivity index (χ1) is 13.7. The third-order valence-corrected chi connectivity index (χ3v) is 5.77. The van der Waals surface area contributed by atoms with E-state index < -0.39 is 0 Å². The minimum Gasteiger partial charge on any atom is -0.372 e. The number of hydrogen-bond donors (Lipinski definition) is 1. The number of nitrogens with one attached hydrogen (secondary N) is 1. The second kappa shape index (κ2) is 8.09. The van der Waals surface area contributed by atoms with Crippen molar-refractivity contribution >= 4 is 28.2 Å². The number of aryl methyl sites for hydroxylation is 2. The van der Waals surface area contributed by atoms with E-state index in [1.807, 2.05) is 24.3 Å². The molecule has 3 aromatic rings. The van der Waals surface area contributed by atoms with Crippen molar-refractivity contribution in [1.29, 1.82) is 0 Å². The fourth-order valence-corrected chi connectivity index (χ4v) is 4.24. The molecule has 1 aliphatic rings. The number of hydrogen-bond acceptors (Lipinski definition) is 2. The molecule has 0 unspecified atom stereocenters. The summed E-state index contributed by atoms with van der Waals surface area (Å²) in [4.78, 5) is 15.6. The fraction of sp³-hybridized carbons (Fsp3) is 0.375. The molecule has 0 bridgehead atoms. The van der Waals surface area contributed by atoms with Crippen LogP contribution in [-0.2, 0) is 6.54 Å². The molecule has 28 heavy (non-hydrogen) atoms. The Kier molecular flexibility index (Phi) is 5.38. The van der Waals surface area contributed by atoms with Crippen molar-refractivity contribution in [2.24, 2.45) is 0 Å². The number of benzene rings is 2. The number of para-hydroxylation sites is 1. The van der Waals surface area contributed by atoms with E-state index in [2.05, 4.69) is 52.9 Å². The number of rotatable bonds is 6. The van der Waals surface area contributed by atoms with Crippen molar-refractivity contribution in [3.8, 4) is 0 Å². The van der Waals surface area contributed by atoms with Gasteiger partial charge in [-0.25, -0.2) is 0 Å². The van der Waals surface area contributed by atoms with E-state index in [1.165, 1.54) is 18.5 Å². The maximum atomic E-state index is 13.2. The average Bonchev–Trinajstić information content (AvgIpc) is 3.34. The van der Waals surface area contributed by atoms with Crippen molar-refractivity contribution in [2.75, 3.05) is 23.3 Å². The monoisotopic (exact) mass is 375 g/mol. The highest BCUT2D eigenvalue weighted by Crippen LogP contribution is 2.28. The molecule has 0 atom stereocenters. The van der Waals surface area contributed by atoms with Crippen molar-refractivity contribution < 1.29 is 4.79 Å². The van der Waals surface area contributed by atoms with Gasteiger partial charge in [0, 0.05) is 41.9 Å². The quantitative estimate of drug-likeness (QED) is 0.609. The number of nitrogens with zero attached hydrogens (tertiary/aromatic N) is 2. The lowest BCUT2D eigenvalue weighted by atomic mass is 10.1. The Labute approximate surface area is 167 Å². The van der Waals surface area contributed by atoms with E-state index >= 15 is 0 Å². The van der Waals surface area contributed by atoms with Crippen LogP contribution in [0.2, 0.25) is 0 Å². The van der Waals surface area contributed by atoms with Crippen LogP contribution in [0.3, 0.4) is 0 Å². The second-order valence-corrected chi connectivity index (χ2v) is 7.69. The van der Waals surface area contributed by atoms with Crippen LogP contribution in [0, 0.1) is 6.92 Å². The molecule has 2 heterocycles. The largest absolute Gasteiger partial charge is 0.372 e. The van der Waals surface area contributed by atoms with Crippen LogP contribution >= 0.6 is 0 Å². The molecule has 1 fully saturated rings. The molecule has 1 amide bonds. The zero-order chi connectivity index (χ0) is 19.5. The first-order valence-corrected chi connectivity index (χ1v) is 10.4. The highest BCUT2D eigenvalue weighted by molar-refractivity contribution is 6.08. The van der Waals surface area contributed by atoms with Gasteiger partial charge in [-0.05, 0) is 62.1 Å². The molecule has 0 spiro atoms. The Hall–Kier alpha value is -2.75. The molecule has 1 aromatic heterocycles. The van der Waals surface area contributed by atoms with Gasteiger partial charge in [-0.3, -0.25) is 4.79 Å². The van der Waals surface area contributed by atoms with Crippen LogP contribution in [0.5, 0.6) is 0 Å². The number of aromatic nitrogens is 1. The van der Waals surface area contributed by atoms with Gasteiger partial charge in [0.15, 0.2) is 0 Å². The number of anilines is 2. The number of carbonyl (C=O) groups is 1. The smallest absolute Gasteiger partial charge is 0.272 e. The Morgan fingerprint density at radius 3 is 2.46 bits per heavy atom. The zero-order valence-corrected chi connectivity index (χ0v) is 16.9. The standard InChI is InChI=1S/C24H29N3O/c1-3-4-17-27-22-10-6-5-9-21(22)18(2)23(27)24(28)25-19-11-13-20(14-12-19)26-15-7-8-16-26/h5-6,9-14H,3-4,7-8,15-17H2,1-2H3,(H,25,28). The SMILES string of the molecule is CCCCn1c(C(=O)Nc2ccc(N3CCCC3)cc2)c(C)c2ccccc21. The van der Waals surface area contributed by atoms with Gasteiger partial charge >= 0.3 is 0 Å². The van der Waals surface area contributed by atoms with E-state index in [0.717, 1.165) is 60.3 Å². The van der Waals surface area contributed by atoms with Gasteiger partial charge < -0.3 is 14.8 Å². The normalized spacial score (nSPS) is 14.0. The molecule has 0 aliphatic carbocycles. The summed E-state index contributed by atoms with van der Waals surface area (Å²) < 4.78 is 2.18. The molecule has 4 rings (SSSR count). The molecule has 146 valence electrons. The number of fused-ring (bicyclic) bond motifs is 1. The Morgan fingerprint density at radius 1 is 1.04 bits per heavy atom. The maximum Gasteiger partial charge on any atom is 0.272 e. The third-order valence-electron chi connectivity index (χ3n) is 5.77. The maximum absolute atomic E-state index is 13.2. The highest BCUT2D eigenvalue weighted by Gasteiger charge is 2.20. The number of carbonyl (C=O) groups excluding carboxylic acids is 1. The van der Waals surface area contributed by atoms with Crippen LogP contribution < -0.4 is 10.2 Å². The van der Waals surface area contributed by atoms with E-state index in [0.29, 0.717) is 0 Å². The summed E-state index contributed by atoms with van der Waals surface area (Å²) in [6, 6.07) is 16.6. The number of unbranched alkanes of at least 4 members (excludes halogenated alkanes) is 1. The van der Waals surface area contributed by atoms with Gasteiger partial charge in [-0.1, -0.05) is 31.5 Å². The van der Waals surface area contributed by atoms with Gasteiger partial charge in [0.1, 0.15) is 5.69 Å². The Bertz CT molecular complexity index is 965. The van der Waals surface area contributed by atoms with Crippen LogP contribution in [0.4, 0.5) is 11.4 Å². The van der Waals surface area contributed by atoms with Crippen molar-refractivity contribution in [3.05, 3.63) is 59.8 Å². The Morgan fingerprint density at radius 2 is 1.75 bits per heavy atom. The Balaban J connectivity index is 1.60. The van der Waals surface area contributed by atoms with Crippen molar-refractivity contribution in [2.45, 2.75) is 46.1 Å². The molecule has 1 saturated heterocycles. The predicted molar refractivity (Wildman–Crippen MR) is 117 cm³/mol. The lowest BCUT2D eigenvalue weighted by Gasteiger charge is -2.18. The lowest BCUT2D eigenvalue weighted by Crippen LogP contribution is -2.19. The van der Waals surface area contributed by atoms with E-state index in [9.17, 15) is 4.79 Å². The molecule has 1 aliphatic heterocycles. The lowest BCUT2D eigenvalue weighted by molar-refractivity contribution is 0.101. The summed E-state index contributed by atoms with van der Waals surface area (Å²) in [5.41, 5.74) is 5.06. The molecule has 2 aromatic carbocycles. The third kappa shape index (κ3) is 3.51. The van der Waals surface area contributed by atoms with E-state index in [1.54, 1.807) is 0 Å². The van der Waals surface area contributed by atoms with Crippen LogP contribution in [0.25, 0.3) is 10.9 Å². The van der Waals surface area contributed by atoms with E-state index in [-0.39, 0.29) is 5.91 Å². The second-order valence-electron chi connectivity index (χ2n) is 7.69. The first kappa shape index (κ1) is 18.6. The topological polar surface area (TPSA) is 37.3 Å². The first-order valence-electron chi connectivity index (χ1n) is 10.4. The van der Waals surface area contributed by atoms with Crippen LogP contribution in [0.15, 0.2) is 48.5 Å². The summed E-state index contributed by atoms with van der Waals surface area (Å²) in [5, 5.41) is 4.28. The predicted octanol–water partition coefficient (Wildman–Crippen LogP) is 5.60. The summed E-state index contributed by atoms with van der Waals surface area (Å²) >= 11 is 0. The molecule has 1 N–H and O–H groups in total.